The van der Waals surface area contributed by atoms with Gasteiger partial charge in [-0.25, -0.2) is 9.59 Å². The molecular weight excluding hydrogens is 582 g/mol. The minimum atomic E-state index is -1.14. The molecule has 0 unspecified atom stereocenters. The lowest BCUT2D eigenvalue weighted by Crippen LogP contribution is -2.56. The van der Waals surface area contributed by atoms with E-state index in [1.54, 1.807) is 10.9 Å². The van der Waals surface area contributed by atoms with E-state index in [4.69, 9.17) is 9.47 Å². The van der Waals surface area contributed by atoms with Crippen molar-refractivity contribution in [3.8, 4) is 0 Å². The molecule has 14 heteroatoms. The Hall–Kier alpha value is -4.49. The lowest BCUT2D eigenvalue weighted by Gasteiger charge is -2.25. The maximum atomic E-state index is 13.6. The molecule has 0 radical (unpaired) electrons. The Bertz CT molecular complexity index is 1270. The summed E-state index contributed by atoms with van der Waals surface area (Å²) in [7, 11) is 1.20. The zero-order valence-electron chi connectivity index (χ0n) is 26.3. The third-order valence-electron chi connectivity index (χ3n) is 7.26. The first-order valence-corrected chi connectivity index (χ1v) is 15.5. The first-order valence-electron chi connectivity index (χ1n) is 15.5. The smallest absolute Gasteiger partial charge is 0.408 e. The van der Waals surface area contributed by atoms with Crippen molar-refractivity contribution in [2.45, 2.75) is 96.5 Å². The highest BCUT2D eigenvalue weighted by molar-refractivity contribution is 5.93. The van der Waals surface area contributed by atoms with Crippen LogP contribution in [0.4, 0.5) is 4.79 Å². The summed E-state index contributed by atoms with van der Waals surface area (Å²) in [6.07, 6.45) is 4.64. The number of aryl methyl sites for hydroxylation is 1. The summed E-state index contributed by atoms with van der Waals surface area (Å²) >= 11 is 0. The highest BCUT2D eigenvalue weighted by Gasteiger charge is 2.31. The number of carbonyl (C=O) groups is 5. The third kappa shape index (κ3) is 12.6. The van der Waals surface area contributed by atoms with Gasteiger partial charge in [-0.2, -0.15) is 0 Å². The zero-order valence-corrected chi connectivity index (χ0v) is 26.3. The topological polar surface area (TPSA) is 183 Å². The van der Waals surface area contributed by atoms with E-state index in [9.17, 15) is 24.0 Å². The average molecular weight is 628 g/mol. The van der Waals surface area contributed by atoms with Crippen molar-refractivity contribution < 1.29 is 33.4 Å². The lowest BCUT2D eigenvalue weighted by molar-refractivity contribution is -0.145. The summed E-state index contributed by atoms with van der Waals surface area (Å²) in [5, 5.41) is 19.2. The number of nitrogens with zero attached hydrogens (tertiary/aromatic N) is 3. The molecule has 1 aromatic carbocycles. The molecule has 1 aliphatic heterocycles. The first-order chi connectivity index (χ1) is 21.6. The highest BCUT2D eigenvalue weighted by atomic mass is 16.5. The average Bonchev–Trinajstić information content (AvgIpc) is 3.47. The van der Waals surface area contributed by atoms with Gasteiger partial charge < -0.3 is 30.7 Å². The number of hydrogen-bond acceptors (Lipinski definition) is 9. The quantitative estimate of drug-likeness (QED) is 0.347. The number of carbonyl (C=O) groups excluding carboxylic acids is 5. The standard InChI is InChI=1S/C31H45N7O7/c1-21(2)17-25-28(40)33-24(30(42)44-3)13-14-27(39)32-15-9-4-5-10-16-38-19-23(36-37-38)18-26(29(41)34-25)35-31(43)45-20-22-11-7-6-8-12-22/h6-8,11-12,19,21,24-26H,4-5,9-10,13-18,20H2,1-3H3,(H,32,39)(H,33,40)(H,34,41)(H,35,43)/t24-,25-,26-/m0/s1. The molecule has 0 aliphatic carbocycles. The molecule has 2 bridgehead atoms. The van der Waals surface area contributed by atoms with Crippen LogP contribution in [0.25, 0.3) is 0 Å². The minimum Gasteiger partial charge on any atom is -0.467 e. The molecule has 0 saturated carbocycles. The second kappa shape index (κ2) is 18.3. The van der Waals surface area contributed by atoms with E-state index in [2.05, 4.69) is 31.6 Å². The van der Waals surface area contributed by atoms with Crippen molar-refractivity contribution in [1.29, 1.82) is 0 Å². The molecule has 2 aromatic rings. The van der Waals surface area contributed by atoms with Crippen LogP contribution in [-0.2, 0) is 48.2 Å². The largest absolute Gasteiger partial charge is 0.467 e. The van der Waals surface area contributed by atoms with E-state index in [0.29, 0.717) is 18.8 Å². The monoisotopic (exact) mass is 627 g/mol. The second-order valence-corrected chi connectivity index (χ2v) is 11.5. The van der Waals surface area contributed by atoms with Gasteiger partial charge in [-0.15, -0.1) is 5.10 Å². The Balaban J connectivity index is 1.82. The van der Waals surface area contributed by atoms with Gasteiger partial charge in [0.1, 0.15) is 24.7 Å². The molecule has 4 N–H and O–H groups in total. The Labute approximate surface area is 263 Å². The summed E-state index contributed by atoms with van der Waals surface area (Å²) in [5.41, 5.74) is 1.25. The maximum absolute atomic E-state index is 13.6. The molecule has 3 atom stereocenters. The molecule has 2 heterocycles. The van der Waals surface area contributed by atoms with Crippen LogP contribution in [0.15, 0.2) is 36.5 Å². The van der Waals surface area contributed by atoms with Gasteiger partial charge in [0.2, 0.25) is 17.7 Å². The van der Waals surface area contributed by atoms with Gasteiger partial charge >= 0.3 is 12.1 Å². The number of fused-ring (bicyclic) bond motifs is 2. The Kier molecular flexibility index (Phi) is 14.3. The fourth-order valence-corrected chi connectivity index (χ4v) is 4.85. The van der Waals surface area contributed by atoms with Crippen molar-refractivity contribution in [3.63, 3.8) is 0 Å². The third-order valence-corrected chi connectivity index (χ3v) is 7.26. The predicted octanol–water partition coefficient (Wildman–Crippen LogP) is 1.77. The number of methoxy groups -OCH3 is 1. The van der Waals surface area contributed by atoms with Crippen molar-refractivity contribution in [2.24, 2.45) is 5.92 Å². The number of hydrogen-bond donors (Lipinski definition) is 4. The number of nitrogens with one attached hydrogen (secondary N) is 4. The normalized spacial score (nSPS) is 21.0. The second-order valence-electron chi connectivity index (χ2n) is 11.5. The van der Waals surface area contributed by atoms with E-state index < -0.39 is 42.0 Å². The number of amides is 4. The molecule has 0 fully saturated rings. The van der Waals surface area contributed by atoms with Crippen LogP contribution >= 0.6 is 0 Å². The summed E-state index contributed by atoms with van der Waals surface area (Å²) in [6, 6.07) is 5.83. The van der Waals surface area contributed by atoms with Crippen molar-refractivity contribution in [3.05, 3.63) is 47.8 Å². The molecule has 4 amide bonds. The van der Waals surface area contributed by atoms with Gasteiger partial charge in [0.15, 0.2) is 0 Å². The number of benzene rings is 1. The van der Waals surface area contributed by atoms with Crippen LogP contribution in [-0.4, -0.2) is 76.6 Å². The Morgan fingerprint density at radius 2 is 1.80 bits per heavy atom. The van der Waals surface area contributed by atoms with Gasteiger partial charge in [0.05, 0.1) is 12.8 Å². The fraction of sp³-hybridized carbons (Fsp3) is 0.581. The van der Waals surface area contributed by atoms with Crippen LogP contribution in [0.3, 0.4) is 0 Å². The number of aromatic nitrogens is 3. The summed E-state index contributed by atoms with van der Waals surface area (Å²) in [4.78, 5) is 64.8. The van der Waals surface area contributed by atoms with E-state index in [-0.39, 0.29) is 44.1 Å². The molecule has 1 aliphatic rings. The zero-order chi connectivity index (χ0) is 32.6. The SMILES string of the molecule is COC(=O)[C@@H]1CCC(=O)NCCCCCCn2cc(nn2)C[C@H](NC(=O)OCc2ccccc2)C(=O)N[C@@H](CC(C)C)C(=O)N1. The van der Waals surface area contributed by atoms with E-state index in [1.165, 1.54) is 7.11 Å². The minimum absolute atomic E-state index is 0.000848. The molecule has 246 valence electrons. The Morgan fingerprint density at radius 3 is 2.53 bits per heavy atom. The molecule has 14 nitrogen and oxygen atoms in total. The Morgan fingerprint density at radius 1 is 1.04 bits per heavy atom. The van der Waals surface area contributed by atoms with Crippen LogP contribution in [0.5, 0.6) is 0 Å². The molecular formula is C31H45N7O7. The van der Waals surface area contributed by atoms with Crippen LogP contribution in [0.1, 0.15) is 70.1 Å². The fourth-order valence-electron chi connectivity index (χ4n) is 4.85. The molecule has 0 spiro atoms. The maximum Gasteiger partial charge on any atom is 0.408 e. The van der Waals surface area contributed by atoms with Crippen LogP contribution in [0.2, 0.25) is 0 Å². The lowest BCUT2D eigenvalue weighted by atomic mass is 10.0. The molecule has 0 saturated heterocycles. The van der Waals surface area contributed by atoms with E-state index >= 15 is 0 Å². The first kappa shape index (κ1) is 35.0. The van der Waals surface area contributed by atoms with Crippen molar-refractivity contribution >= 4 is 29.8 Å². The number of ether oxygens (including phenoxy) is 2. The van der Waals surface area contributed by atoms with Crippen molar-refractivity contribution in [1.82, 2.24) is 36.3 Å². The van der Waals surface area contributed by atoms with Gasteiger partial charge in [0, 0.05) is 32.1 Å². The van der Waals surface area contributed by atoms with E-state index in [1.807, 2.05) is 44.2 Å². The number of alkyl carbamates (subject to hydrolysis) is 1. The highest BCUT2D eigenvalue weighted by Crippen LogP contribution is 2.10. The molecule has 45 heavy (non-hydrogen) atoms. The number of esters is 1. The molecule has 3 rings (SSSR count). The summed E-state index contributed by atoms with van der Waals surface area (Å²) < 4.78 is 11.9. The summed E-state index contributed by atoms with van der Waals surface area (Å²) in [6.45, 7) is 4.90. The van der Waals surface area contributed by atoms with E-state index in [0.717, 1.165) is 31.2 Å². The van der Waals surface area contributed by atoms with Crippen molar-refractivity contribution in [2.75, 3.05) is 13.7 Å². The van der Waals surface area contributed by atoms with Gasteiger partial charge in [-0.1, -0.05) is 62.2 Å². The van der Waals surface area contributed by atoms with Gasteiger partial charge in [0.25, 0.3) is 0 Å². The van der Waals surface area contributed by atoms with Gasteiger partial charge in [-0.05, 0) is 37.2 Å². The van der Waals surface area contributed by atoms with Gasteiger partial charge in [-0.3, -0.25) is 19.1 Å². The summed E-state index contributed by atoms with van der Waals surface area (Å²) in [5.74, 6) is -2.20. The van der Waals surface area contributed by atoms with Crippen LogP contribution in [0, 0.1) is 5.92 Å². The number of rotatable bonds is 6. The van der Waals surface area contributed by atoms with Crippen LogP contribution < -0.4 is 21.3 Å². The molecule has 1 aromatic heterocycles. The predicted molar refractivity (Wildman–Crippen MR) is 163 cm³/mol.